The van der Waals surface area contributed by atoms with Crippen molar-refractivity contribution in [1.29, 1.82) is 0 Å². The van der Waals surface area contributed by atoms with Crippen molar-refractivity contribution in [2.45, 2.75) is 6.92 Å². The second-order valence-electron chi connectivity index (χ2n) is 2.93. The van der Waals surface area contributed by atoms with E-state index in [9.17, 15) is 4.79 Å². The molecule has 0 aliphatic carbocycles. The number of benzene rings is 1. The van der Waals surface area contributed by atoms with Gasteiger partial charge in [-0.2, -0.15) is 0 Å². The standard InChI is InChI=1S/C11H10O2/c1-2-8-7-13-10-6-4-3-5-9(10)11(8)12/h2-6H,7H2,1H3/b8-2-. The first-order valence-electron chi connectivity index (χ1n) is 4.24. The van der Waals surface area contributed by atoms with E-state index in [0.29, 0.717) is 17.9 Å². The lowest BCUT2D eigenvalue weighted by Gasteiger charge is -2.17. The zero-order chi connectivity index (χ0) is 9.26. The monoisotopic (exact) mass is 174 g/mol. The number of para-hydroxylation sites is 1. The van der Waals surface area contributed by atoms with Crippen LogP contribution in [0.2, 0.25) is 0 Å². The number of carbonyl (C=O) groups excluding carboxylic acids is 1. The molecule has 2 heteroatoms. The third kappa shape index (κ3) is 1.24. The molecule has 0 radical (unpaired) electrons. The molecule has 0 aromatic heterocycles. The van der Waals surface area contributed by atoms with Gasteiger partial charge in [-0.15, -0.1) is 0 Å². The number of allylic oxidation sites excluding steroid dienone is 1. The Labute approximate surface area is 76.8 Å². The number of rotatable bonds is 0. The Balaban J connectivity index is 2.51. The zero-order valence-corrected chi connectivity index (χ0v) is 7.41. The van der Waals surface area contributed by atoms with Crippen LogP contribution < -0.4 is 4.74 Å². The van der Waals surface area contributed by atoms with Crippen LogP contribution in [0.3, 0.4) is 0 Å². The number of ether oxygens (including phenoxy) is 1. The van der Waals surface area contributed by atoms with Gasteiger partial charge < -0.3 is 4.74 Å². The van der Waals surface area contributed by atoms with E-state index in [-0.39, 0.29) is 5.78 Å². The molecule has 0 spiro atoms. The molecule has 1 heterocycles. The highest BCUT2D eigenvalue weighted by Crippen LogP contribution is 2.26. The summed E-state index contributed by atoms with van der Waals surface area (Å²) in [4.78, 5) is 11.7. The van der Waals surface area contributed by atoms with Crippen molar-refractivity contribution in [1.82, 2.24) is 0 Å². The van der Waals surface area contributed by atoms with Crippen LogP contribution in [-0.2, 0) is 0 Å². The van der Waals surface area contributed by atoms with Crippen LogP contribution in [-0.4, -0.2) is 12.4 Å². The third-order valence-electron chi connectivity index (χ3n) is 2.15. The zero-order valence-electron chi connectivity index (χ0n) is 7.41. The summed E-state index contributed by atoms with van der Waals surface area (Å²) >= 11 is 0. The molecule has 1 aliphatic rings. The highest BCUT2D eigenvalue weighted by Gasteiger charge is 2.21. The first kappa shape index (κ1) is 8.05. The summed E-state index contributed by atoms with van der Waals surface area (Å²) in [6.07, 6.45) is 1.80. The van der Waals surface area contributed by atoms with Crippen LogP contribution in [0.5, 0.6) is 5.75 Å². The molecule has 0 atom stereocenters. The minimum atomic E-state index is 0.0874. The summed E-state index contributed by atoms with van der Waals surface area (Å²) in [5, 5.41) is 0. The third-order valence-corrected chi connectivity index (χ3v) is 2.15. The molecule has 1 aromatic rings. The number of carbonyl (C=O) groups is 1. The van der Waals surface area contributed by atoms with Gasteiger partial charge in [0.1, 0.15) is 12.4 Å². The summed E-state index contributed by atoms with van der Waals surface area (Å²) in [5.74, 6) is 0.780. The van der Waals surface area contributed by atoms with E-state index in [1.54, 1.807) is 12.1 Å². The Morgan fingerprint density at radius 2 is 2.15 bits per heavy atom. The molecule has 13 heavy (non-hydrogen) atoms. The van der Waals surface area contributed by atoms with E-state index in [2.05, 4.69) is 0 Å². The predicted molar refractivity (Wildman–Crippen MR) is 50.0 cm³/mol. The minimum absolute atomic E-state index is 0.0874. The van der Waals surface area contributed by atoms with E-state index in [1.807, 2.05) is 25.1 Å². The molecular formula is C11H10O2. The number of fused-ring (bicyclic) bond motifs is 1. The van der Waals surface area contributed by atoms with Crippen LogP contribution in [0.15, 0.2) is 35.9 Å². The summed E-state index contributed by atoms with van der Waals surface area (Å²) in [6, 6.07) is 7.32. The van der Waals surface area contributed by atoms with Crippen LogP contribution in [0, 0.1) is 0 Å². The summed E-state index contributed by atoms with van der Waals surface area (Å²) < 4.78 is 5.41. The smallest absolute Gasteiger partial charge is 0.195 e. The molecule has 2 rings (SSSR count). The SMILES string of the molecule is C/C=C1/COc2ccccc2C1=O. The molecule has 0 amide bonds. The predicted octanol–water partition coefficient (Wildman–Crippen LogP) is 2.21. The number of Topliss-reactive ketones (excluding diaryl/α,β-unsaturated/α-hetero) is 1. The maximum absolute atomic E-state index is 11.7. The van der Waals surface area contributed by atoms with E-state index < -0.39 is 0 Å². The highest BCUT2D eigenvalue weighted by molar-refractivity contribution is 6.11. The lowest BCUT2D eigenvalue weighted by atomic mass is 10.0. The van der Waals surface area contributed by atoms with E-state index in [1.165, 1.54) is 0 Å². The van der Waals surface area contributed by atoms with Gasteiger partial charge in [-0.1, -0.05) is 18.2 Å². The van der Waals surface area contributed by atoms with Crippen molar-refractivity contribution in [2.75, 3.05) is 6.61 Å². The fraction of sp³-hybridized carbons (Fsp3) is 0.182. The van der Waals surface area contributed by atoms with Crippen LogP contribution in [0.25, 0.3) is 0 Å². The van der Waals surface area contributed by atoms with Gasteiger partial charge in [0.15, 0.2) is 5.78 Å². The van der Waals surface area contributed by atoms with Gasteiger partial charge in [-0.3, -0.25) is 4.79 Å². The van der Waals surface area contributed by atoms with Crippen molar-refractivity contribution in [3.63, 3.8) is 0 Å². The number of ketones is 1. The summed E-state index contributed by atoms with van der Waals surface area (Å²) in [7, 11) is 0. The quantitative estimate of drug-likeness (QED) is 0.563. The topological polar surface area (TPSA) is 26.3 Å². The maximum atomic E-state index is 11.7. The molecule has 0 bridgehead atoms. The minimum Gasteiger partial charge on any atom is -0.488 e. The molecule has 2 nitrogen and oxygen atoms in total. The second-order valence-corrected chi connectivity index (χ2v) is 2.93. The number of hydrogen-bond acceptors (Lipinski definition) is 2. The fourth-order valence-corrected chi connectivity index (χ4v) is 1.39. The second kappa shape index (κ2) is 3.05. The van der Waals surface area contributed by atoms with Gasteiger partial charge in [0.05, 0.1) is 5.56 Å². The Kier molecular flexibility index (Phi) is 1.89. The molecule has 0 saturated heterocycles. The molecule has 0 fully saturated rings. The molecule has 1 aliphatic heterocycles. The van der Waals surface area contributed by atoms with E-state index in [4.69, 9.17) is 4.74 Å². The number of hydrogen-bond donors (Lipinski definition) is 0. The normalized spacial score (nSPS) is 18.2. The molecule has 0 unspecified atom stereocenters. The lowest BCUT2D eigenvalue weighted by Crippen LogP contribution is -2.18. The average Bonchev–Trinajstić information content (AvgIpc) is 2.19. The summed E-state index contributed by atoms with van der Waals surface area (Å²) in [5.41, 5.74) is 1.40. The first-order valence-corrected chi connectivity index (χ1v) is 4.24. The van der Waals surface area contributed by atoms with Gasteiger partial charge in [0.25, 0.3) is 0 Å². The van der Waals surface area contributed by atoms with Gasteiger partial charge in [0, 0.05) is 5.57 Å². The maximum Gasteiger partial charge on any atom is 0.195 e. The largest absolute Gasteiger partial charge is 0.488 e. The fourth-order valence-electron chi connectivity index (χ4n) is 1.39. The van der Waals surface area contributed by atoms with Crippen molar-refractivity contribution >= 4 is 5.78 Å². The van der Waals surface area contributed by atoms with Crippen molar-refractivity contribution < 1.29 is 9.53 Å². The van der Waals surface area contributed by atoms with Crippen molar-refractivity contribution in [3.05, 3.63) is 41.5 Å². The lowest BCUT2D eigenvalue weighted by molar-refractivity contribution is 0.0999. The molecule has 1 aromatic carbocycles. The van der Waals surface area contributed by atoms with Crippen LogP contribution in [0.4, 0.5) is 0 Å². The molecular weight excluding hydrogens is 164 g/mol. The van der Waals surface area contributed by atoms with Gasteiger partial charge in [-0.05, 0) is 19.1 Å². The average molecular weight is 174 g/mol. The Hall–Kier alpha value is -1.57. The van der Waals surface area contributed by atoms with Crippen molar-refractivity contribution in [3.8, 4) is 5.75 Å². The van der Waals surface area contributed by atoms with E-state index >= 15 is 0 Å². The van der Waals surface area contributed by atoms with Gasteiger partial charge >= 0.3 is 0 Å². The molecule has 0 saturated carbocycles. The summed E-state index contributed by atoms with van der Waals surface area (Å²) in [6.45, 7) is 2.25. The Morgan fingerprint density at radius 1 is 1.38 bits per heavy atom. The Bertz CT molecular complexity index is 377. The Morgan fingerprint density at radius 3 is 2.92 bits per heavy atom. The molecule has 66 valence electrons. The van der Waals surface area contributed by atoms with Crippen LogP contribution in [0.1, 0.15) is 17.3 Å². The van der Waals surface area contributed by atoms with Crippen LogP contribution >= 0.6 is 0 Å². The van der Waals surface area contributed by atoms with Gasteiger partial charge in [0.2, 0.25) is 0 Å². The highest BCUT2D eigenvalue weighted by atomic mass is 16.5. The van der Waals surface area contributed by atoms with Crippen molar-refractivity contribution in [2.24, 2.45) is 0 Å². The van der Waals surface area contributed by atoms with Gasteiger partial charge in [-0.25, -0.2) is 0 Å². The molecule has 0 N–H and O–H groups in total. The first-order chi connectivity index (χ1) is 6.33. The van der Waals surface area contributed by atoms with E-state index in [0.717, 1.165) is 5.57 Å².